The quantitative estimate of drug-likeness (QED) is 0.696. The lowest BCUT2D eigenvalue weighted by molar-refractivity contribution is -0.391. The summed E-state index contributed by atoms with van der Waals surface area (Å²) in [5.41, 5.74) is 0.843. The maximum Gasteiger partial charge on any atom is 0.323 e. The Balaban J connectivity index is 2.23. The third-order valence-corrected chi connectivity index (χ3v) is 3.09. The molecule has 7 heteroatoms. The zero-order valence-electron chi connectivity index (χ0n) is 9.96. The van der Waals surface area contributed by atoms with E-state index >= 15 is 0 Å². The van der Waals surface area contributed by atoms with Crippen LogP contribution in [0.1, 0.15) is 10.5 Å². The Labute approximate surface area is 117 Å². The van der Waals surface area contributed by atoms with Crippen molar-refractivity contribution in [3.63, 3.8) is 0 Å². The molecule has 0 saturated heterocycles. The number of rotatable bonds is 3. The van der Waals surface area contributed by atoms with Crippen molar-refractivity contribution in [2.45, 2.75) is 0 Å². The van der Waals surface area contributed by atoms with Crippen LogP contribution in [0.3, 0.4) is 0 Å². The van der Waals surface area contributed by atoms with Crippen LogP contribution in [0.5, 0.6) is 0 Å². The highest BCUT2D eigenvalue weighted by atomic mass is 79.9. The van der Waals surface area contributed by atoms with Crippen molar-refractivity contribution >= 4 is 33.3 Å². The van der Waals surface area contributed by atoms with Crippen molar-refractivity contribution in [2.75, 3.05) is 5.32 Å². The lowest BCUT2D eigenvalue weighted by Gasteiger charge is -2.04. The van der Waals surface area contributed by atoms with E-state index in [1.807, 2.05) is 6.07 Å². The van der Waals surface area contributed by atoms with Gasteiger partial charge in [0.1, 0.15) is 0 Å². The zero-order valence-corrected chi connectivity index (χ0v) is 11.5. The molecular formula is C12H10BrN3O3. The van der Waals surface area contributed by atoms with Crippen LogP contribution in [-0.2, 0) is 7.05 Å². The van der Waals surface area contributed by atoms with E-state index in [4.69, 9.17) is 0 Å². The van der Waals surface area contributed by atoms with Gasteiger partial charge in [-0.2, -0.15) is 0 Å². The summed E-state index contributed by atoms with van der Waals surface area (Å²) >= 11 is 3.30. The molecule has 1 amide bonds. The summed E-state index contributed by atoms with van der Waals surface area (Å²) in [6.45, 7) is 0. The van der Waals surface area contributed by atoms with Crippen LogP contribution in [0, 0.1) is 10.1 Å². The van der Waals surface area contributed by atoms with Crippen molar-refractivity contribution in [2.24, 2.45) is 7.05 Å². The van der Waals surface area contributed by atoms with Crippen molar-refractivity contribution in [3.8, 4) is 0 Å². The number of carbonyl (C=O) groups is 1. The predicted molar refractivity (Wildman–Crippen MR) is 74.2 cm³/mol. The molecule has 0 saturated carbocycles. The normalized spacial score (nSPS) is 10.2. The first kappa shape index (κ1) is 13.3. The van der Waals surface area contributed by atoms with Gasteiger partial charge in [-0.25, -0.2) is 4.57 Å². The van der Waals surface area contributed by atoms with Gasteiger partial charge in [-0.05, 0) is 29.2 Å². The van der Waals surface area contributed by atoms with E-state index < -0.39 is 10.8 Å². The van der Waals surface area contributed by atoms with Gasteiger partial charge in [-0.3, -0.25) is 4.79 Å². The fraction of sp³-hybridized carbons (Fsp3) is 0.0833. The Morgan fingerprint density at radius 2 is 2.11 bits per heavy atom. The molecule has 0 bridgehead atoms. The summed E-state index contributed by atoms with van der Waals surface area (Å²) < 4.78 is 2.08. The Hall–Kier alpha value is -2.15. The van der Waals surface area contributed by atoms with Crippen LogP contribution >= 0.6 is 15.9 Å². The van der Waals surface area contributed by atoms with Gasteiger partial charge in [-0.1, -0.05) is 22.0 Å². The predicted octanol–water partition coefficient (Wildman–Crippen LogP) is 2.95. The van der Waals surface area contributed by atoms with Crippen LogP contribution < -0.4 is 5.32 Å². The third kappa shape index (κ3) is 2.82. The summed E-state index contributed by atoms with van der Waals surface area (Å²) in [6.07, 6.45) is 0. The van der Waals surface area contributed by atoms with E-state index in [1.165, 1.54) is 23.7 Å². The van der Waals surface area contributed by atoms with Gasteiger partial charge < -0.3 is 15.4 Å². The first-order valence-corrected chi connectivity index (χ1v) is 6.15. The largest absolute Gasteiger partial charge is 0.358 e. The Morgan fingerprint density at radius 1 is 1.37 bits per heavy atom. The smallest absolute Gasteiger partial charge is 0.323 e. The molecule has 0 fully saturated rings. The van der Waals surface area contributed by atoms with Gasteiger partial charge in [0.2, 0.25) is 0 Å². The van der Waals surface area contributed by atoms with Crippen LogP contribution in [0.4, 0.5) is 11.5 Å². The minimum Gasteiger partial charge on any atom is -0.358 e. The van der Waals surface area contributed by atoms with E-state index in [0.717, 1.165) is 4.47 Å². The van der Waals surface area contributed by atoms with Crippen LogP contribution in [0.15, 0.2) is 40.9 Å². The molecule has 0 aliphatic rings. The summed E-state index contributed by atoms with van der Waals surface area (Å²) in [5, 5.41) is 13.4. The topological polar surface area (TPSA) is 77.2 Å². The number of hydrogen-bond acceptors (Lipinski definition) is 3. The molecule has 2 rings (SSSR count). The molecule has 0 radical (unpaired) electrons. The molecular weight excluding hydrogens is 314 g/mol. The summed E-state index contributed by atoms with van der Waals surface area (Å²) in [6, 6.07) is 9.83. The molecule has 1 aromatic heterocycles. The van der Waals surface area contributed by atoms with Crippen molar-refractivity contribution in [1.82, 2.24) is 4.57 Å². The van der Waals surface area contributed by atoms with Crippen LogP contribution in [0.2, 0.25) is 0 Å². The van der Waals surface area contributed by atoms with Crippen LogP contribution in [-0.4, -0.2) is 15.4 Å². The van der Waals surface area contributed by atoms with E-state index in [1.54, 1.807) is 18.2 Å². The molecule has 6 nitrogen and oxygen atoms in total. The molecule has 2 aromatic rings. The maximum atomic E-state index is 12.0. The highest BCUT2D eigenvalue weighted by molar-refractivity contribution is 9.10. The minimum absolute atomic E-state index is 0.126. The van der Waals surface area contributed by atoms with Crippen molar-refractivity contribution < 1.29 is 9.72 Å². The number of hydrogen-bond donors (Lipinski definition) is 1. The molecule has 0 aliphatic carbocycles. The third-order valence-electron chi connectivity index (χ3n) is 2.60. The second kappa shape index (κ2) is 5.23. The van der Waals surface area contributed by atoms with E-state index in [9.17, 15) is 14.9 Å². The van der Waals surface area contributed by atoms with Gasteiger partial charge in [0.15, 0.2) is 5.69 Å². The Kier molecular flexibility index (Phi) is 3.66. The molecule has 98 valence electrons. The van der Waals surface area contributed by atoms with E-state index in [2.05, 4.69) is 21.2 Å². The van der Waals surface area contributed by atoms with E-state index in [-0.39, 0.29) is 11.5 Å². The molecule has 19 heavy (non-hydrogen) atoms. The Morgan fingerprint density at radius 3 is 2.68 bits per heavy atom. The average Bonchev–Trinajstić information content (AvgIpc) is 2.71. The number of anilines is 1. The highest BCUT2D eigenvalue weighted by Crippen LogP contribution is 2.19. The van der Waals surface area contributed by atoms with Crippen LogP contribution in [0.25, 0.3) is 0 Å². The number of aromatic nitrogens is 1. The minimum atomic E-state index is -0.532. The first-order chi connectivity index (χ1) is 8.99. The summed E-state index contributed by atoms with van der Waals surface area (Å²) in [5.74, 6) is -0.520. The maximum absolute atomic E-state index is 12.0. The van der Waals surface area contributed by atoms with Gasteiger partial charge in [-0.15, -0.1) is 0 Å². The SMILES string of the molecule is Cn1c(C(=O)Nc2cccc(Br)c2)ccc1[N+](=O)[O-]. The fourth-order valence-electron chi connectivity index (χ4n) is 1.67. The van der Waals surface area contributed by atoms with Gasteiger partial charge in [0, 0.05) is 16.2 Å². The molecule has 0 atom stereocenters. The second-order valence-corrected chi connectivity index (χ2v) is 4.77. The molecule has 0 spiro atoms. The average molecular weight is 324 g/mol. The van der Waals surface area contributed by atoms with Gasteiger partial charge in [0.25, 0.3) is 5.91 Å². The number of amides is 1. The lowest BCUT2D eigenvalue weighted by atomic mass is 10.3. The monoisotopic (exact) mass is 323 g/mol. The lowest BCUT2D eigenvalue weighted by Crippen LogP contribution is -2.16. The molecule has 0 unspecified atom stereocenters. The number of benzene rings is 1. The second-order valence-electron chi connectivity index (χ2n) is 3.86. The number of nitrogens with one attached hydrogen (secondary N) is 1. The Bertz CT molecular complexity index is 651. The fourth-order valence-corrected chi connectivity index (χ4v) is 2.07. The van der Waals surface area contributed by atoms with E-state index in [0.29, 0.717) is 5.69 Å². The number of nitro groups is 1. The number of carbonyl (C=O) groups excluding carboxylic acids is 1. The molecule has 0 aliphatic heterocycles. The first-order valence-electron chi connectivity index (χ1n) is 5.36. The van der Waals surface area contributed by atoms with Crippen molar-refractivity contribution in [3.05, 3.63) is 56.7 Å². The molecule has 1 N–H and O–H groups in total. The number of halogens is 1. The summed E-state index contributed by atoms with van der Waals surface area (Å²) in [4.78, 5) is 22.2. The summed E-state index contributed by atoms with van der Waals surface area (Å²) in [7, 11) is 1.48. The highest BCUT2D eigenvalue weighted by Gasteiger charge is 2.20. The standard InChI is InChI=1S/C12H10BrN3O3/c1-15-10(5-6-11(15)16(18)19)12(17)14-9-4-2-3-8(13)7-9/h2-7H,1H3,(H,14,17). The number of nitrogens with zero attached hydrogens (tertiary/aromatic N) is 2. The van der Waals surface area contributed by atoms with Crippen molar-refractivity contribution in [1.29, 1.82) is 0 Å². The molecule has 1 heterocycles. The zero-order chi connectivity index (χ0) is 14.0. The van der Waals surface area contributed by atoms with Gasteiger partial charge in [0.05, 0.1) is 7.05 Å². The molecule has 1 aromatic carbocycles. The van der Waals surface area contributed by atoms with Gasteiger partial charge >= 0.3 is 5.82 Å².